The van der Waals surface area contributed by atoms with E-state index in [1.807, 2.05) is 0 Å². The van der Waals surface area contributed by atoms with E-state index in [1.165, 1.54) is 6.07 Å². The van der Waals surface area contributed by atoms with Gasteiger partial charge in [0.2, 0.25) is 5.91 Å². The van der Waals surface area contributed by atoms with Gasteiger partial charge in [-0.15, -0.1) is 0 Å². The molecule has 3 rings (SSSR count). The smallest absolute Gasteiger partial charge is 0.242 e. The van der Waals surface area contributed by atoms with Gasteiger partial charge in [-0.05, 0) is 61.7 Å². The van der Waals surface area contributed by atoms with Crippen LogP contribution in [0.3, 0.4) is 0 Å². The van der Waals surface area contributed by atoms with E-state index >= 15 is 0 Å². The summed E-state index contributed by atoms with van der Waals surface area (Å²) in [5.41, 5.74) is 1.14. The van der Waals surface area contributed by atoms with Crippen LogP contribution in [0.25, 0.3) is 0 Å². The molecule has 1 N–H and O–H groups in total. The monoisotopic (exact) mass is 422 g/mol. The van der Waals surface area contributed by atoms with Gasteiger partial charge in [0, 0.05) is 16.6 Å². The van der Waals surface area contributed by atoms with Gasteiger partial charge in [-0.25, -0.2) is 4.39 Å². The molecule has 2 aromatic carbocycles. The summed E-state index contributed by atoms with van der Waals surface area (Å²) >= 11 is 12.0. The summed E-state index contributed by atoms with van der Waals surface area (Å²) in [5.74, 6) is -0.294. The van der Waals surface area contributed by atoms with Crippen LogP contribution >= 0.6 is 23.2 Å². The van der Waals surface area contributed by atoms with Crippen molar-refractivity contribution in [3.05, 3.63) is 63.9 Å². The van der Waals surface area contributed by atoms with Crippen LogP contribution in [0, 0.1) is 11.7 Å². The molecule has 2 unspecified atom stereocenters. The molecule has 1 saturated heterocycles. The van der Waals surface area contributed by atoms with Crippen molar-refractivity contribution < 1.29 is 9.18 Å². The summed E-state index contributed by atoms with van der Waals surface area (Å²) in [6.07, 6.45) is 1.69. The second kappa shape index (κ2) is 9.25. The van der Waals surface area contributed by atoms with Crippen molar-refractivity contribution in [2.24, 2.45) is 5.92 Å². The van der Waals surface area contributed by atoms with Crippen LogP contribution < -0.4 is 5.32 Å². The average molecular weight is 423 g/mol. The van der Waals surface area contributed by atoms with Crippen molar-refractivity contribution in [3.8, 4) is 0 Å². The summed E-state index contributed by atoms with van der Waals surface area (Å²) in [5, 5.41) is 3.60. The number of nitrogens with one attached hydrogen (secondary N) is 1. The first kappa shape index (κ1) is 21.1. The molecule has 3 nitrogen and oxygen atoms in total. The van der Waals surface area contributed by atoms with E-state index in [2.05, 4.69) is 24.1 Å². The van der Waals surface area contributed by atoms with E-state index < -0.39 is 11.9 Å². The largest absolute Gasteiger partial charge is 0.325 e. The molecule has 1 aliphatic heterocycles. The minimum Gasteiger partial charge on any atom is -0.325 e. The summed E-state index contributed by atoms with van der Waals surface area (Å²) in [6.45, 7) is 5.86. The molecule has 6 heteroatoms. The highest BCUT2D eigenvalue weighted by Crippen LogP contribution is 2.37. The van der Waals surface area contributed by atoms with Crippen LogP contribution in [0.5, 0.6) is 0 Å². The van der Waals surface area contributed by atoms with Crippen LogP contribution in [0.4, 0.5) is 10.1 Å². The highest BCUT2D eigenvalue weighted by molar-refractivity contribution is 6.31. The van der Waals surface area contributed by atoms with Gasteiger partial charge in [0.1, 0.15) is 5.82 Å². The van der Waals surface area contributed by atoms with E-state index in [4.69, 9.17) is 23.2 Å². The number of benzene rings is 2. The minimum atomic E-state index is -0.453. The fourth-order valence-electron chi connectivity index (χ4n) is 3.79. The number of halogens is 3. The molecule has 0 bridgehead atoms. The number of hydrogen-bond acceptors (Lipinski definition) is 2. The van der Waals surface area contributed by atoms with Gasteiger partial charge < -0.3 is 5.32 Å². The number of amides is 1. The Kier molecular flexibility index (Phi) is 6.97. The molecule has 28 heavy (non-hydrogen) atoms. The van der Waals surface area contributed by atoms with Gasteiger partial charge >= 0.3 is 0 Å². The Bertz CT molecular complexity index is 843. The van der Waals surface area contributed by atoms with Crippen LogP contribution in [-0.2, 0) is 4.79 Å². The summed E-state index contributed by atoms with van der Waals surface area (Å²) < 4.78 is 14.7. The summed E-state index contributed by atoms with van der Waals surface area (Å²) in [6, 6.07) is 11.6. The van der Waals surface area contributed by atoms with E-state index in [0.717, 1.165) is 19.5 Å². The topological polar surface area (TPSA) is 32.3 Å². The highest BCUT2D eigenvalue weighted by atomic mass is 35.5. The molecule has 1 aliphatic rings. The van der Waals surface area contributed by atoms with E-state index in [0.29, 0.717) is 28.6 Å². The molecular weight excluding hydrogens is 398 g/mol. The zero-order chi connectivity index (χ0) is 20.3. The first-order chi connectivity index (χ1) is 13.4. The summed E-state index contributed by atoms with van der Waals surface area (Å²) in [7, 11) is 0. The molecule has 150 valence electrons. The van der Waals surface area contributed by atoms with Gasteiger partial charge in [-0.3, -0.25) is 9.69 Å². The Morgan fingerprint density at radius 3 is 2.71 bits per heavy atom. The Labute approximate surface area is 175 Å². The maximum atomic E-state index is 14.7. The minimum absolute atomic E-state index is 0.0899. The maximum absolute atomic E-state index is 14.7. The Balaban J connectivity index is 1.88. The normalized spacial score (nSPS) is 19.9. The first-order valence-corrected chi connectivity index (χ1v) is 10.4. The third kappa shape index (κ3) is 4.86. The number of likely N-dealkylation sites (tertiary alicyclic amines) is 1. The van der Waals surface area contributed by atoms with Crippen molar-refractivity contribution in [3.63, 3.8) is 0 Å². The Morgan fingerprint density at radius 1 is 1.25 bits per heavy atom. The molecule has 0 aliphatic carbocycles. The van der Waals surface area contributed by atoms with Gasteiger partial charge in [0.25, 0.3) is 0 Å². The quantitative estimate of drug-likeness (QED) is 0.621. The summed E-state index contributed by atoms with van der Waals surface area (Å²) in [4.78, 5) is 15.4. The molecule has 2 aromatic rings. The van der Waals surface area contributed by atoms with Crippen molar-refractivity contribution in [1.29, 1.82) is 0 Å². The fraction of sp³-hybridized carbons (Fsp3) is 0.409. The zero-order valence-corrected chi connectivity index (χ0v) is 17.6. The number of carbonyl (C=O) groups excluding carboxylic acids is 1. The predicted molar refractivity (Wildman–Crippen MR) is 114 cm³/mol. The standard InChI is InChI=1S/C22H25Cl2FN2O/c1-14(2)9-11-27-12-10-18(17-7-4-8-19(24)20(17)25)21(27)22(28)26-16-6-3-5-15(23)13-16/h3-8,13-14,18,21H,9-12H2,1-2H3,(H,26,28). The van der Waals surface area contributed by atoms with Crippen LogP contribution in [0.15, 0.2) is 42.5 Å². The molecule has 0 saturated carbocycles. The lowest BCUT2D eigenvalue weighted by Gasteiger charge is -2.28. The molecule has 0 spiro atoms. The van der Waals surface area contributed by atoms with Gasteiger partial charge in [-0.1, -0.05) is 55.2 Å². The van der Waals surface area contributed by atoms with Crippen molar-refractivity contribution in [2.75, 3.05) is 18.4 Å². The van der Waals surface area contributed by atoms with E-state index in [-0.39, 0.29) is 16.8 Å². The number of anilines is 1. The molecule has 1 heterocycles. The molecular formula is C22H25Cl2FN2O. The lowest BCUT2D eigenvalue weighted by molar-refractivity contribution is -0.120. The molecule has 0 radical (unpaired) electrons. The van der Waals surface area contributed by atoms with Gasteiger partial charge in [0.05, 0.1) is 11.1 Å². The number of rotatable bonds is 6. The van der Waals surface area contributed by atoms with Crippen LogP contribution in [0.2, 0.25) is 10.0 Å². The highest BCUT2D eigenvalue weighted by Gasteiger charge is 2.41. The Hall–Kier alpha value is -1.62. The second-order valence-electron chi connectivity index (χ2n) is 7.70. The van der Waals surface area contributed by atoms with Crippen LogP contribution in [0.1, 0.15) is 38.2 Å². The lowest BCUT2D eigenvalue weighted by Crippen LogP contribution is -2.43. The van der Waals surface area contributed by atoms with Gasteiger partial charge in [-0.2, -0.15) is 0 Å². The van der Waals surface area contributed by atoms with Crippen molar-refractivity contribution >= 4 is 34.8 Å². The molecule has 2 atom stereocenters. The number of nitrogens with zero attached hydrogens (tertiary/aromatic N) is 1. The van der Waals surface area contributed by atoms with Crippen LogP contribution in [-0.4, -0.2) is 29.9 Å². The zero-order valence-electron chi connectivity index (χ0n) is 16.1. The second-order valence-corrected chi connectivity index (χ2v) is 8.54. The van der Waals surface area contributed by atoms with E-state index in [1.54, 1.807) is 36.4 Å². The fourth-order valence-corrected chi connectivity index (χ4v) is 4.17. The van der Waals surface area contributed by atoms with Crippen molar-refractivity contribution in [1.82, 2.24) is 4.90 Å². The first-order valence-electron chi connectivity index (χ1n) is 9.61. The SMILES string of the molecule is CC(C)CCN1CCC(c2cccc(Cl)c2F)C1C(=O)Nc1cccc(Cl)c1. The maximum Gasteiger partial charge on any atom is 0.242 e. The van der Waals surface area contributed by atoms with E-state index in [9.17, 15) is 9.18 Å². The lowest BCUT2D eigenvalue weighted by atomic mass is 9.90. The van der Waals surface area contributed by atoms with Gasteiger partial charge in [0.15, 0.2) is 0 Å². The molecule has 1 amide bonds. The third-order valence-electron chi connectivity index (χ3n) is 5.24. The molecule has 1 fully saturated rings. The molecule has 0 aromatic heterocycles. The number of carbonyl (C=O) groups is 1. The third-order valence-corrected chi connectivity index (χ3v) is 5.76. The van der Waals surface area contributed by atoms with Crippen molar-refractivity contribution in [2.45, 2.75) is 38.6 Å². The Morgan fingerprint density at radius 2 is 2.00 bits per heavy atom. The average Bonchev–Trinajstić information content (AvgIpc) is 3.06. The predicted octanol–water partition coefficient (Wildman–Crippen LogP) is 5.98. The number of hydrogen-bond donors (Lipinski definition) is 1.